The van der Waals surface area contributed by atoms with Crippen LogP contribution < -0.4 is 5.32 Å². The van der Waals surface area contributed by atoms with Gasteiger partial charge in [-0.05, 0) is 38.1 Å². The zero-order valence-corrected chi connectivity index (χ0v) is 10.1. The molecule has 2 heterocycles. The maximum absolute atomic E-state index is 4.45. The fourth-order valence-corrected chi connectivity index (χ4v) is 1.78. The van der Waals surface area contributed by atoms with Crippen LogP contribution in [0.25, 0.3) is 0 Å². The molecule has 4 nitrogen and oxygen atoms in total. The van der Waals surface area contributed by atoms with Crippen LogP contribution in [0, 0.1) is 6.92 Å². The van der Waals surface area contributed by atoms with Gasteiger partial charge in [-0.15, -0.1) is 0 Å². The van der Waals surface area contributed by atoms with Gasteiger partial charge < -0.3 is 5.32 Å². The van der Waals surface area contributed by atoms with Gasteiger partial charge in [-0.3, -0.25) is 4.98 Å². The van der Waals surface area contributed by atoms with E-state index in [1.165, 1.54) is 5.56 Å². The molecule has 0 spiro atoms. The van der Waals surface area contributed by atoms with E-state index in [1.54, 1.807) is 12.4 Å². The fraction of sp³-hybridized carbons (Fsp3) is 0.308. The Morgan fingerprint density at radius 2 is 2.18 bits per heavy atom. The predicted octanol–water partition coefficient (Wildman–Crippen LogP) is 1.68. The Kier molecular flexibility index (Phi) is 3.77. The second kappa shape index (κ2) is 5.50. The van der Waals surface area contributed by atoms with Crippen molar-refractivity contribution >= 4 is 0 Å². The van der Waals surface area contributed by atoms with Crippen molar-refractivity contribution in [2.45, 2.75) is 19.4 Å². The van der Waals surface area contributed by atoms with E-state index in [0.717, 1.165) is 17.9 Å². The summed E-state index contributed by atoms with van der Waals surface area (Å²) in [6.45, 7) is 1.90. The maximum Gasteiger partial charge on any atom is 0.125 e. The number of aryl methyl sites for hydroxylation is 1. The van der Waals surface area contributed by atoms with Gasteiger partial charge >= 0.3 is 0 Å². The smallest absolute Gasteiger partial charge is 0.125 e. The molecule has 1 unspecified atom stereocenters. The third kappa shape index (κ3) is 3.07. The molecule has 0 fully saturated rings. The highest BCUT2D eigenvalue weighted by Crippen LogP contribution is 2.15. The Hall–Kier alpha value is -1.81. The van der Waals surface area contributed by atoms with Gasteiger partial charge in [-0.25, -0.2) is 9.97 Å². The van der Waals surface area contributed by atoms with Crippen LogP contribution >= 0.6 is 0 Å². The van der Waals surface area contributed by atoms with Gasteiger partial charge in [0.25, 0.3) is 0 Å². The highest BCUT2D eigenvalue weighted by atomic mass is 14.9. The lowest BCUT2D eigenvalue weighted by Gasteiger charge is -2.15. The molecule has 0 saturated carbocycles. The summed E-state index contributed by atoms with van der Waals surface area (Å²) >= 11 is 0. The van der Waals surface area contributed by atoms with Gasteiger partial charge in [0.2, 0.25) is 0 Å². The molecule has 0 aromatic carbocycles. The largest absolute Gasteiger partial charge is 0.311 e. The number of pyridine rings is 1. The molecule has 2 aromatic heterocycles. The lowest BCUT2D eigenvalue weighted by atomic mass is 10.0. The van der Waals surface area contributed by atoms with Crippen LogP contribution in [0.5, 0.6) is 0 Å². The van der Waals surface area contributed by atoms with E-state index in [1.807, 2.05) is 32.3 Å². The standard InChI is InChI=1S/C13H16N4/c1-10-16-7-5-12(17-10)13(14-2)8-11-4-3-6-15-9-11/h3-7,9,13-14H,8H2,1-2H3. The number of aromatic nitrogens is 3. The Labute approximate surface area is 101 Å². The molecule has 0 aliphatic carbocycles. The topological polar surface area (TPSA) is 50.7 Å². The van der Waals surface area contributed by atoms with Crippen LogP contribution in [-0.2, 0) is 6.42 Å². The summed E-state index contributed by atoms with van der Waals surface area (Å²) in [6, 6.07) is 6.17. The van der Waals surface area contributed by atoms with Crippen LogP contribution in [0.15, 0.2) is 36.8 Å². The average molecular weight is 228 g/mol. The monoisotopic (exact) mass is 228 g/mol. The molecule has 0 saturated heterocycles. The molecule has 2 rings (SSSR count). The first kappa shape index (κ1) is 11.7. The molecular formula is C13H16N4. The zero-order valence-electron chi connectivity index (χ0n) is 10.1. The number of likely N-dealkylation sites (N-methyl/N-ethyl adjacent to an activating group) is 1. The van der Waals surface area contributed by atoms with Crippen LogP contribution in [0.1, 0.15) is 23.1 Å². The molecule has 0 aliphatic rings. The van der Waals surface area contributed by atoms with Crippen molar-refractivity contribution in [2.24, 2.45) is 0 Å². The minimum absolute atomic E-state index is 0.195. The van der Waals surface area contributed by atoms with E-state index in [2.05, 4.69) is 26.3 Å². The number of nitrogens with zero attached hydrogens (tertiary/aromatic N) is 3. The Morgan fingerprint density at radius 1 is 1.29 bits per heavy atom. The first-order valence-corrected chi connectivity index (χ1v) is 5.65. The summed E-state index contributed by atoms with van der Waals surface area (Å²) in [5, 5.41) is 3.28. The second-order valence-electron chi connectivity index (χ2n) is 3.94. The van der Waals surface area contributed by atoms with E-state index < -0.39 is 0 Å². The summed E-state index contributed by atoms with van der Waals surface area (Å²) in [6.07, 6.45) is 6.34. The molecule has 17 heavy (non-hydrogen) atoms. The molecule has 2 aromatic rings. The third-order valence-electron chi connectivity index (χ3n) is 2.67. The molecule has 0 bridgehead atoms. The van der Waals surface area contributed by atoms with Crippen molar-refractivity contribution in [3.05, 3.63) is 53.9 Å². The van der Waals surface area contributed by atoms with Crippen molar-refractivity contribution in [2.75, 3.05) is 7.05 Å². The molecule has 4 heteroatoms. The molecular weight excluding hydrogens is 212 g/mol. The Balaban J connectivity index is 2.17. The quantitative estimate of drug-likeness (QED) is 0.865. The minimum atomic E-state index is 0.195. The first-order valence-electron chi connectivity index (χ1n) is 5.65. The summed E-state index contributed by atoms with van der Waals surface area (Å²) < 4.78 is 0. The van der Waals surface area contributed by atoms with Crippen molar-refractivity contribution in [3.8, 4) is 0 Å². The normalized spacial score (nSPS) is 12.4. The summed E-state index contributed by atoms with van der Waals surface area (Å²) in [7, 11) is 1.94. The summed E-state index contributed by atoms with van der Waals surface area (Å²) in [5.41, 5.74) is 2.21. The molecule has 0 amide bonds. The Morgan fingerprint density at radius 3 is 2.82 bits per heavy atom. The highest BCUT2D eigenvalue weighted by Gasteiger charge is 2.11. The van der Waals surface area contributed by atoms with E-state index in [-0.39, 0.29) is 6.04 Å². The average Bonchev–Trinajstić information content (AvgIpc) is 2.37. The zero-order chi connectivity index (χ0) is 12.1. The summed E-state index contributed by atoms with van der Waals surface area (Å²) in [4.78, 5) is 12.7. The number of rotatable bonds is 4. The van der Waals surface area contributed by atoms with Gasteiger partial charge in [0, 0.05) is 18.6 Å². The molecule has 0 radical (unpaired) electrons. The molecule has 0 aliphatic heterocycles. The number of hydrogen-bond donors (Lipinski definition) is 1. The van der Waals surface area contributed by atoms with E-state index in [0.29, 0.717) is 0 Å². The maximum atomic E-state index is 4.45. The SMILES string of the molecule is CNC(Cc1cccnc1)c1ccnc(C)n1. The predicted molar refractivity (Wildman–Crippen MR) is 66.5 cm³/mol. The van der Waals surface area contributed by atoms with Crippen LogP contribution in [0.2, 0.25) is 0 Å². The minimum Gasteiger partial charge on any atom is -0.311 e. The van der Waals surface area contributed by atoms with E-state index in [9.17, 15) is 0 Å². The fourth-order valence-electron chi connectivity index (χ4n) is 1.78. The van der Waals surface area contributed by atoms with Gasteiger partial charge in [-0.1, -0.05) is 6.07 Å². The first-order chi connectivity index (χ1) is 8.29. The van der Waals surface area contributed by atoms with Crippen molar-refractivity contribution < 1.29 is 0 Å². The van der Waals surface area contributed by atoms with Crippen molar-refractivity contribution in [3.63, 3.8) is 0 Å². The van der Waals surface area contributed by atoms with Crippen molar-refractivity contribution in [1.29, 1.82) is 0 Å². The van der Waals surface area contributed by atoms with Crippen LogP contribution in [0.3, 0.4) is 0 Å². The molecule has 1 atom stereocenters. The van der Waals surface area contributed by atoms with Crippen molar-refractivity contribution in [1.82, 2.24) is 20.3 Å². The number of nitrogens with one attached hydrogen (secondary N) is 1. The molecule has 88 valence electrons. The van der Waals surface area contributed by atoms with Gasteiger partial charge in [0.1, 0.15) is 5.82 Å². The van der Waals surface area contributed by atoms with Crippen LogP contribution in [-0.4, -0.2) is 22.0 Å². The molecule has 1 N–H and O–H groups in total. The lowest BCUT2D eigenvalue weighted by molar-refractivity contribution is 0.571. The summed E-state index contributed by atoms with van der Waals surface area (Å²) in [5.74, 6) is 0.800. The lowest BCUT2D eigenvalue weighted by Crippen LogP contribution is -2.20. The highest BCUT2D eigenvalue weighted by molar-refractivity contribution is 5.15. The second-order valence-corrected chi connectivity index (χ2v) is 3.94. The van der Waals surface area contributed by atoms with Gasteiger partial charge in [0.15, 0.2) is 0 Å². The Bertz CT molecular complexity index is 470. The van der Waals surface area contributed by atoms with E-state index in [4.69, 9.17) is 0 Å². The van der Waals surface area contributed by atoms with Crippen LogP contribution in [0.4, 0.5) is 0 Å². The third-order valence-corrected chi connectivity index (χ3v) is 2.67. The van der Waals surface area contributed by atoms with E-state index >= 15 is 0 Å². The van der Waals surface area contributed by atoms with Gasteiger partial charge in [0.05, 0.1) is 11.7 Å². The van der Waals surface area contributed by atoms with Gasteiger partial charge in [-0.2, -0.15) is 0 Å². The number of hydrogen-bond acceptors (Lipinski definition) is 4.